The van der Waals surface area contributed by atoms with Crippen molar-refractivity contribution in [3.05, 3.63) is 65.2 Å². The number of esters is 1. The van der Waals surface area contributed by atoms with Gasteiger partial charge in [0.2, 0.25) is 0 Å². The fourth-order valence-corrected chi connectivity index (χ4v) is 6.69. The maximum Gasteiger partial charge on any atom is 0.343 e. The lowest BCUT2D eigenvalue weighted by Crippen LogP contribution is -2.43. The van der Waals surface area contributed by atoms with E-state index in [9.17, 15) is 9.90 Å². The Hall–Kier alpha value is -2.37. The minimum absolute atomic E-state index is 0.0534. The zero-order valence-corrected chi connectivity index (χ0v) is 19.8. The summed E-state index contributed by atoms with van der Waals surface area (Å²) < 4.78 is 11.4. The Morgan fingerprint density at radius 1 is 1.09 bits per heavy atom. The van der Waals surface area contributed by atoms with Crippen LogP contribution in [0.25, 0.3) is 0 Å². The normalized spacial score (nSPS) is 27.6. The second-order valence-corrected chi connectivity index (χ2v) is 10.8. The molecule has 2 heterocycles. The minimum Gasteiger partial charge on any atom is -0.493 e. The molecule has 1 saturated heterocycles. The zero-order chi connectivity index (χ0) is 23.1. The molecule has 5 nitrogen and oxygen atoms in total. The van der Waals surface area contributed by atoms with Gasteiger partial charge in [0, 0.05) is 37.9 Å². The molecule has 3 fully saturated rings. The first kappa shape index (κ1) is 22.1. The number of rotatable bonds is 8. The molecule has 180 valence electrons. The van der Waals surface area contributed by atoms with Gasteiger partial charge < -0.3 is 19.5 Å². The van der Waals surface area contributed by atoms with Crippen LogP contribution in [-0.4, -0.2) is 48.8 Å². The summed E-state index contributed by atoms with van der Waals surface area (Å²) >= 11 is 0. The fourth-order valence-electron chi connectivity index (χ4n) is 6.69. The van der Waals surface area contributed by atoms with Gasteiger partial charge in [0.25, 0.3) is 0 Å². The van der Waals surface area contributed by atoms with Crippen LogP contribution in [0.5, 0.6) is 5.75 Å². The Kier molecular flexibility index (Phi) is 5.86. The summed E-state index contributed by atoms with van der Waals surface area (Å²) in [4.78, 5) is 15.8. The monoisotopic (exact) mass is 461 g/mol. The summed E-state index contributed by atoms with van der Waals surface area (Å²) in [6.45, 7) is 4.51. The van der Waals surface area contributed by atoms with E-state index in [0.717, 1.165) is 70.5 Å². The highest BCUT2D eigenvalue weighted by Gasteiger charge is 2.56. The third-order valence-corrected chi connectivity index (χ3v) is 8.80. The maximum atomic E-state index is 13.2. The van der Waals surface area contributed by atoms with Crippen LogP contribution in [0.15, 0.2) is 48.5 Å². The highest BCUT2D eigenvalue weighted by Crippen LogP contribution is 2.52. The molecule has 2 saturated carbocycles. The lowest BCUT2D eigenvalue weighted by Gasteiger charge is -2.32. The average Bonchev–Trinajstić information content (AvgIpc) is 3.41. The molecule has 6 rings (SSSR count). The van der Waals surface area contributed by atoms with E-state index in [-0.39, 0.29) is 5.92 Å². The van der Waals surface area contributed by atoms with Gasteiger partial charge in [-0.15, -0.1) is 0 Å². The predicted molar refractivity (Wildman–Crippen MR) is 130 cm³/mol. The van der Waals surface area contributed by atoms with Gasteiger partial charge in [-0.3, -0.25) is 0 Å². The molecule has 0 radical (unpaired) electrons. The van der Waals surface area contributed by atoms with Crippen LogP contribution in [0.1, 0.15) is 42.4 Å². The Balaban J connectivity index is 1.00. The van der Waals surface area contributed by atoms with Crippen molar-refractivity contribution in [2.75, 3.05) is 32.8 Å². The number of ether oxygens (including phenoxy) is 2. The Morgan fingerprint density at radius 3 is 2.62 bits per heavy atom. The molecule has 0 bridgehead atoms. The van der Waals surface area contributed by atoms with E-state index in [2.05, 4.69) is 23.1 Å². The first-order valence-electron chi connectivity index (χ1n) is 13.0. The third kappa shape index (κ3) is 4.03. The Labute approximate surface area is 202 Å². The highest BCUT2D eigenvalue weighted by atomic mass is 16.6. The van der Waals surface area contributed by atoms with E-state index in [0.29, 0.717) is 29.9 Å². The summed E-state index contributed by atoms with van der Waals surface area (Å²) in [7, 11) is 0. The summed E-state index contributed by atoms with van der Waals surface area (Å²) in [5.74, 6) is 2.24. The predicted octanol–water partition coefficient (Wildman–Crippen LogP) is 3.96. The molecule has 2 aromatic carbocycles. The smallest absolute Gasteiger partial charge is 0.343 e. The molecule has 4 aliphatic rings. The van der Waals surface area contributed by atoms with Gasteiger partial charge in [-0.25, -0.2) is 4.79 Å². The number of hydrogen-bond donors (Lipinski definition) is 1. The molecule has 1 N–H and O–H groups in total. The van der Waals surface area contributed by atoms with E-state index in [1.807, 2.05) is 30.3 Å². The Morgan fingerprint density at radius 2 is 1.85 bits per heavy atom. The van der Waals surface area contributed by atoms with Gasteiger partial charge in [-0.2, -0.15) is 0 Å². The molecule has 2 unspecified atom stereocenters. The number of aliphatic hydroxyl groups is 1. The van der Waals surface area contributed by atoms with Crippen molar-refractivity contribution in [1.29, 1.82) is 0 Å². The highest BCUT2D eigenvalue weighted by molar-refractivity contribution is 5.81. The van der Waals surface area contributed by atoms with E-state index < -0.39 is 11.6 Å². The largest absolute Gasteiger partial charge is 0.493 e. The fraction of sp³-hybridized carbons (Fsp3) is 0.552. The minimum atomic E-state index is -1.52. The lowest BCUT2D eigenvalue weighted by molar-refractivity contribution is -0.174. The van der Waals surface area contributed by atoms with E-state index >= 15 is 0 Å². The molecule has 4 atom stereocenters. The SMILES string of the molecule is O=C(OCC1[C@H]2CN(CCc3ccc4c(c3)CCO4)C[C@@H]12)C(O)(c1ccccc1)C1CCCC1. The second kappa shape index (κ2) is 9.01. The van der Waals surface area contributed by atoms with Crippen LogP contribution in [0.3, 0.4) is 0 Å². The van der Waals surface area contributed by atoms with Gasteiger partial charge in [-0.1, -0.05) is 55.3 Å². The van der Waals surface area contributed by atoms with Crippen LogP contribution in [0.4, 0.5) is 0 Å². The van der Waals surface area contributed by atoms with E-state index in [4.69, 9.17) is 9.47 Å². The van der Waals surface area contributed by atoms with Crippen molar-refractivity contribution < 1.29 is 19.4 Å². The van der Waals surface area contributed by atoms with Crippen LogP contribution >= 0.6 is 0 Å². The van der Waals surface area contributed by atoms with Gasteiger partial charge in [0.05, 0.1) is 13.2 Å². The summed E-state index contributed by atoms with van der Waals surface area (Å²) in [5, 5.41) is 11.6. The van der Waals surface area contributed by atoms with E-state index in [1.165, 1.54) is 11.1 Å². The standard InChI is InChI=1S/C29H35NO4/c31-28(29(32,23-8-4-5-9-23)22-6-2-1-3-7-22)34-19-26-24-17-30(18-25(24)26)14-12-20-10-11-27-21(16-20)13-15-33-27/h1-3,6-7,10-11,16,23-26,32H,4-5,8-9,12-15,17-19H2/t24-,25+,26?,29?. The van der Waals surface area contributed by atoms with Crippen molar-refractivity contribution in [1.82, 2.24) is 4.90 Å². The van der Waals surface area contributed by atoms with Gasteiger partial charge in [-0.05, 0) is 53.9 Å². The van der Waals surface area contributed by atoms with Crippen LogP contribution in [-0.2, 0) is 28.0 Å². The molecule has 0 amide bonds. The third-order valence-electron chi connectivity index (χ3n) is 8.80. The first-order valence-corrected chi connectivity index (χ1v) is 13.0. The van der Waals surface area contributed by atoms with Gasteiger partial charge >= 0.3 is 5.97 Å². The molecule has 0 aromatic heterocycles. The zero-order valence-electron chi connectivity index (χ0n) is 19.8. The first-order chi connectivity index (χ1) is 16.6. The molecule has 5 heteroatoms. The summed E-state index contributed by atoms with van der Waals surface area (Å²) in [6.07, 6.45) is 5.97. The molecule has 0 spiro atoms. The second-order valence-electron chi connectivity index (χ2n) is 10.8. The number of hydrogen-bond acceptors (Lipinski definition) is 5. The molecule has 2 aromatic rings. The van der Waals surface area contributed by atoms with Crippen LogP contribution < -0.4 is 4.74 Å². The van der Waals surface area contributed by atoms with Gasteiger partial charge in [0.15, 0.2) is 5.60 Å². The number of nitrogens with zero attached hydrogens (tertiary/aromatic N) is 1. The quantitative estimate of drug-likeness (QED) is 0.603. The summed E-state index contributed by atoms with van der Waals surface area (Å²) in [6, 6.07) is 16.0. The molecular formula is C29H35NO4. The molecule has 2 aliphatic carbocycles. The van der Waals surface area contributed by atoms with Crippen molar-refractivity contribution in [2.24, 2.45) is 23.7 Å². The molecule has 2 aliphatic heterocycles. The Bertz CT molecular complexity index is 1020. The van der Waals surface area contributed by atoms with Crippen molar-refractivity contribution in [3.8, 4) is 5.75 Å². The van der Waals surface area contributed by atoms with Crippen LogP contribution in [0, 0.1) is 23.7 Å². The van der Waals surface area contributed by atoms with Crippen molar-refractivity contribution >= 4 is 5.97 Å². The number of carbonyl (C=O) groups is 1. The maximum absolute atomic E-state index is 13.2. The average molecular weight is 462 g/mol. The van der Waals surface area contributed by atoms with Crippen molar-refractivity contribution in [3.63, 3.8) is 0 Å². The lowest BCUT2D eigenvalue weighted by atomic mass is 9.80. The number of benzene rings is 2. The van der Waals surface area contributed by atoms with Crippen LogP contribution in [0.2, 0.25) is 0 Å². The number of likely N-dealkylation sites (tertiary alicyclic amines) is 1. The summed E-state index contributed by atoms with van der Waals surface area (Å²) in [5.41, 5.74) is 1.89. The van der Waals surface area contributed by atoms with Gasteiger partial charge in [0.1, 0.15) is 5.75 Å². The number of piperidine rings is 1. The number of carbonyl (C=O) groups excluding carboxylic acids is 1. The molecular weight excluding hydrogens is 426 g/mol. The van der Waals surface area contributed by atoms with E-state index in [1.54, 1.807) is 0 Å². The topological polar surface area (TPSA) is 59.0 Å². The van der Waals surface area contributed by atoms with Crippen molar-refractivity contribution in [2.45, 2.75) is 44.1 Å². The molecule has 34 heavy (non-hydrogen) atoms. The number of fused-ring (bicyclic) bond motifs is 2.